The van der Waals surface area contributed by atoms with E-state index >= 15 is 0 Å². The predicted molar refractivity (Wildman–Crippen MR) is 97.1 cm³/mol. The molecule has 0 amide bonds. The number of hydrogen-bond donors (Lipinski definition) is 0. The Morgan fingerprint density at radius 2 is 1.91 bits per heavy atom. The minimum Gasteiger partial charge on any atom is -0.265 e. The Morgan fingerprint density at radius 3 is 2.57 bits per heavy atom. The van der Waals surface area contributed by atoms with Gasteiger partial charge in [-0.25, -0.2) is 4.98 Å². The van der Waals surface area contributed by atoms with Gasteiger partial charge in [0, 0.05) is 28.2 Å². The van der Waals surface area contributed by atoms with Gasteiger partial charge in [0.1, 0.15) is 11.1 Å². The number of nitrogens with zero attached hydrogens (tertiary/aromatic N) is 3. The molecule has 0 saturated heterocycles. The number of allylic oxidation sites excluding steroid dienone is 1. The zero-order chi connectivity index (χ0) is 16.1. The summed E-state index contributed by atoms with van der Waals surface area (Å²) in [6, 6.07) is 14.2. The van der Waals surface area contributed by atoms with Gasteiger partial charge >= 0.3 is 0 Å². The van der Waals surface area contributed by atoms with Crippen LogP contribution in [0.4, 0.5) is 0 Å². The van der Waals surface area contributed by atoms with Gasteiger partial charge in [0.05, 0.1) is 11.3 Å². The molecule has 0 spiro atoms. The first-order valence-electron chi connectivity index (χ1n) is 6.92. The van der Waals surface area contributed by atoms with Crippen LogP contribution in [-0.2, 0) is 0 Å². The van der Waals surface area contributed by atoms with Crippen LogP contribution >= 0.6 is 23.1 Å². The molecule has 0 aliphatic rings. The molecular formula is C18H13N3S2. The van der Waals surface area contributed by atoms with E-state index in [-0.39, 0.29) is 0 Å². The Morgan fingerprint density at radius 1 is 1.17 bits per heavy atom. The van der Waals surface area contributed by atoms with Crippen molar-refractivity contribution in [3.05, 3.63) is 64.7 Å². The molecule has 0 atom stereocenters. The Kier molecular flexibility index (Phi) is 4.86. The molecule has 0 N–H and O–H groups in total. The maximum absolute atomic E-state index is 9.46. The molecule has 0 saturated carbocycles. The van der Waals surface area contributed by atoms with E-state index in [0.29, 0.717) is 5.57 Å². The topological polar surface area (TPSA) is 49.6 Å². The number of rotatable bonds is 4. The molecule has 3 aromatic rings. The fraction of sp³-hybridized carbons (Fsp3) is 0.0556. The lowest BCUT2D eigenvalue weighted by Gasteiger charge is -1.98. The summed E-state index contributed by atoms with van der Waals surface area (Å²) in [7, 11) is 0. The SMILES string of the molecule is CSc1ccc(/C=C(/C#N)c2nc(-c3ccncc3)cs2)cc1. The average Bonchev–Trinajstić information content (AvgIpc) is 3.11. The van der Waals surface area contributed by atoms with Crippen LogP contribution in [0.3, 0.4) is 0 Å². The van der Waals surface area contributed by atoms with Crippen LogP contribution in [0.5, 0.6) is 0 Å². The van der Waals surface area contributed by atoms with Crippen LogP contribution < -0.4 is 0 Å². The first-order chi connectivity index (χ1) is 11.3. The van der Waals surface area contributed by atoms with Crippen LogP contribution in [0.25, 0.3) is 22.9 Å². The minimum atomic E-state index is 0.576. The molecule has 0 unspecified atom stereocenters. The Hall–Kier alpha value is -2.42. The summed E-state index contributed by atoms with van der Waals surface area (Å²) in [5.41, 5.74) is 3.45. The predicted octanol–water partition coefficient (Wildman–Crippen LogP) is 4.99. The molecule has 0 bridgehead atoms. The highest BCUT2D eigenvalue weighted by molar-refractivity contribution is 7.98. The lowest BCUT2D eigenvalue weighted by Crippen LogP contribution is -1.83. The van der Waals surface area contributed by atoms with Crippen LogP contribution in [0, 0.1) is 11.3 Å². The van der Waals surface area contributed by atoms with Gasteiger partial charge in [0.15, 0.2) is 0 Å². The number of thioether (sulfide) groups is 1. The summed E-state index contributed by atoms with van der Waals surface area (Å²) in [6.45, 7) is 0. The van der Waals surface area contributed by atoms with Gasteiger partial charge in [0.25, 0.3) is 0 Å². The molecule has 2 heterocycles. The van der Waals surface area contributed by atoms with Gasteiger partial charge in [-0.05, 0) is 42.2 Å². The summed E-state index contributed by atoms with van der Waals surface area (Å²) in [4.78, 5) is 9.79. The second-order valence-corrected chi connectivity index (χ2v) is 6.45. The second kappa shape index (κ2) is 7.23. The summed E-state index contributed by atoms with van der Waals surface area (Å²) >= 11 is 3.18. The second-order valence-electron chi connectivity index (χ2n) is 4.72. The fourth-order valence-corrected chi connectivity index (χ4v) is 3.26. The van der Waals surface area contributed by atoms with Crippen molar-refractivity contribution < 1.29 is 0 Å². The smallest absolute Gasteiger partial charge is 0.134 e. The molecule has 112 valence electrons. The van der Waals surface area contributed by atoms with Crippen molar-refractivity contribution in [2.24, 2.45) is 0 Å². The van der Waals surface area contributed by atoms with Crippen molar-refractivity contribution in [1.82, 2.24) is 9.97 Å². The normalized spacial score (nSPS) is 11.2. The summed E-state index contributed by atoms with van der Waals surface area (Å²) < 4.78 is 0. The molecule has 23 heavy (non-hydrogen) atoms. The molecule has 0 aliphatic carbocycles. The third-order valence-electron chi connectivity index (χ3n) is 3.26. The van der Waals surface area contributed by atoms with Crippen molar-refractivity contribution in [3.63, 3.8) is 0 Å². The molecule has 3 nitrogen and oxygen atoms in total. The number of aromatic nitrogens is 2. The van der Waals surface area contributed by atoms with E-state index in [2.05, 4.69) is 28.2 Å². The quantitative estimate of drug-likeness (QED) is 0.498. The first-order valence-corrected chi connectivity index (χ1v) is 9.03. The third kappa shape index (κ3) is 3.67. The van der Waals surface area contributed by atoms with Crippen molar-refractivity contribution in [2.75, 3.05) is 6.26 Å². The molecule has 1 aromatic carbocycles. The fourth-order valence-electron chi connectivity index (χ4n) is 2.06. The van der Waals surface area contributed by atoms with Crippen molar-refractivity contribution in [3.8, 4) is 17.3 Å². The standard InChI is InChI=1S/C18H13N3S2/c1-22-16-4-2-13(3-5-16)10-15(11-19)18-21-17(12-23-18)14-6-8-20-9-7-14/h2-10,12H,1H3/b15-10-. The Labute approximate surface area is 143 Å². The highest BCUT2D eigenvalue weighted by Crippen LogP contribution is 2.27. The molecular weight excluding hydrogens is 322 g/mol. The van der Waals surface area contributed by atoms with Gasteiger partial charge in [-0.3, -0.25) is 4.98 Å². The maximum Gasteiger partial charge on any atom is 0.134 e. The van der Waals surface area contributed by atoms with E-state index in [1.807, 2.05) is 42.0 Å². The third-order valence-corrected chi connectivity index (χ3v) is 4.88. The van der Waals surface area contributed by atoms with Gasteiger partial charge in [-0.1, -0.05) is 12.1 Å². The highest BCUT2D eigenvalue weighted by Gasteiger charge is 2.09. The number of hydrogen-bond acceptors (Lipinski definition) is 5. The average molecular weight is 335 g/mol. The van der Waals surface area contributed by atoms with Crippen LogP contribution in [0.1, 0.15) is 10.6 Å². The van der Waals surface area contributed by atoms with E-state index in [1.165, 1.54) is 16.2 Å². The molecule has 3 rings (SSSR count). The molecule has 2 aromatic heterocycles. The van der Waals surface area contributed by atoms with Crippen LogP contribution in [-0.4, -0.2) is 16.2 Å². The zero-order valence-electron chi connectivity index (χ0n) is 12.4. The van der Waals surface area contributed by atoms with Gasteiger partial charge in [0.2, 0.25) is 0 Å². The van der Waals surface area contributed by atoms with E-state index in [4.69, 9.17) is 0 Å². The number of nitriles is 1. The van der Waals surface area contributed by atoms with Crippen LogP contribution in [0.2, 0.25) is 0 Å². The Balaban J connectivity index is 1.90. The zero-order valence-corrected chi connectivity index (χ0v) is 14.1. The molecule has 0 fully saturated rings. The first kappa shape index (κ1) is 15.5. The van der Waals surface area contributed by atoms with Gasteiger partial charge in [-0.2, -0.15) is 5.26 Å². The van der Waals surface area contributed by atoms with Crippen LogP contribution in [0.15, 0.2) is 59.1 Å². The number of benzene rings is 1. The van der Waals surface area contributed by atoms with E-state index < -0.39 is 0 Å². The van der Waals surface area contributed by atoms with Crippen molar-refractivity contribution in [2.45, 2.75) is 4.90 Å². The van der Waals surface area contributed by atoms with E-state index in [0.717, 1.165) is 21.8 Å². The lowest BCUT2D eigenvalue weighted by molar-refractivity contribution is 1.31. The van der Waals surface area contributed by atoms with Gasteiger partial charge in [-0.15, -0.1) is 23.1 Å². The Bertz CT molecular complexity index is 859. The van der Waals surface area contributed by atoms with E-state index in [9.17, 15) is 5.26 Å². The van der Waals surface area contributed by atoms with E-state index in [1.54, 1.807) is 24.2 Å². The molecule has 0 aliphatic heterocycles. The minimum absolute atomic E-state index is 0.576. The van der Waals surface area contributed by atoms with Crippen molar-refractivity contribution in [1.29, 1.82) is 5.26 Å². The maximum atomic E-state index is 9.46. The highest BCUT2D eigenvalue weighted by atomic mass is 32.2. The van der Waals surface area contributed by atoms with Crippen molar-refractivity contribution >= 4 is 34.7 Å². The summed E-state index contributed by atoms with van der Waals surface area (Å²) in [5.74, 6) is 0. The number of pyridine rings is 1. The largest absolute Gasteiger partial charge is 0.265 e. The molecule has 0 radical (unpaired) electrons. The van der Waals surface area contributed by atoms with Gasteiger partial charge < -0.3 is 0 Å². The molecule has 5 heteroatoms. The number of thiazole rings is 1. The lowest BCUT2D eigenvalue weighted by atomic mass is 10.1. The summed E-state index contributed by atoms with van der Waals surface area (Å²) in [6.07, 6.45) is 7.40. The summed E-state index contributed by atoms with van der Waals surface area (Å²) in [5, 5.41) is 12.2. The monoisotopic (exact) mass is 335 g/mol.